The lowest BCUT2D eigenvalue weighted by Crippen LogP contribution is -2.34. The molecule has 47 heavy (non-hydrogen) atoms. The molecule has 0 aromatic heterocycles. The number of anilines is 1. The van der Waals surface area contributed by atoms with Crippen LogP contribution in [-0.2, 0) is 11.2 Å². The number of benzene rings is 5. The molecule has 238 valence electrons. The molecule has 7 heteroatoms. The van der Waals surface area contributed by atoms with Gasteiger partial charge in [0.25, 0.3) is 5.91 Å². The molecular formula is C40H38N2O5. The number of carboxylic acid groups (broad SMARTS) is 1. The van der Waals surface area contributed by atoms with Crippen molar-refractivity contribution in [3.63, 3.8) is 0 Å². The number of carboxylic acids is 1. The van der Waals surface area contributed by atoms with Gasteiger partial charge in [0.1, 0.15) is 11.8 Å². The van der Waals surface area contributed by atoms with Crippen LogP contribution in [0.3, 0.4) is 0 Å². The second-order valence-corrected chi connectivity index (χ2v) is 12.1. The third-order valence-corrected chi connectivity index (χ3v) is 8.50. The smallest absolute Gasteiger partial charge is 0.326 e. The molecule has 0 radical (unpaired) electrons. The van der Waals surface area contributed by atoms with Crippen LogP contribution in [0.1, 0.15) is 51.1 Å². The van der Waals surface area contributed by atoms with E-state index in [1.807, 2.05) is 77.7 Å². The van der Waals surface area contributed by atoms with Crippen molar-refractivity contribution in [2.24, 2.45) is 5.92 Å². The molecule has 1 aliphatic carbocycles. The summed E-state index contributed by atoms with van der Waals surface area (Å²) >= 11 is 0. The van der Waals surface area contributed by atoms with Crippen molar-refractivity contribution in [1.82, 2.24) is 4.90 Å². The van der Waals surface area contributed by atoms with E-state index in [4.69, 9.17) is 4.74 Å². The molecule has 0 saturated heterocycles. The molecule has 0 bridgehead atoms. The van der Waals surface area contributed by atoms with Gasteiger partial charge in [0.2, 0.25) is 0 Å². The Labute approximate surface area is 274 Å². The Kier molecular flexibility index (Phi) is 9.92. The fourth-order valence-corrected chi connectivity index (χ4v) is 5.74. The Balaban J connectivity index is 1.03. The lowest BCUT2D eigenvalue weighted by molar-refractivity contribution is -0.137. The number of hydrogen-bond acceptors (Lipinski definition) is 5. The first-order valence-electron chi connectivity index (χ1n) is 16.1. The highest BCUT2D eigenvalue weighted by molar-refractivity contribution is 6.12. The van der Waals surface area contributed by atoms with E-state index in [9.17, 15) is 19.5 Å². The number of nitrogens with zero attached hydrogens (tertiary/aromatic N) is 1. The fourth-order valence-electron chi connectivity index (χ4n) is 5.74. The van der Waals surface area contributed by atoms with Crippen molar-refractivity contribution in [2.75, 3.05) is 25.0 Å². The van der Waals surface area contributed by atoms with Gasteiger partial charge in [-0.15, -0.1) is 0 Å². The third kappa shape index (κ3) is 8.24. The summed E-state index contributed by atoms with van der Waals surface area (Å²) in [5, 5.41) is 15.3. The molecule has 1 saturated carbocycles. The topological polar surface area (TPSA) is 95.9 Å². The van der Waals surface area contributed by atoms with Gasteiger partial charge in [-0.1, -0.05) is 84.9 Å². The fraction of sp³-hybridized carbons (Fsp3) is 0.225. The molecule has 0 heterocycles. The summed E-state index contributed by atoms with van der Waals surface area (Å²) in [6.07, 6.45) is 3.25. The first kappa shape index (κ1) is 31.5. The molecule has 0 aliphatic heterocycles. The van der Waals surface area contributed by atoms with Gasteiger partial charge in [-0.2, -0.15) is 0 Å². The number of carbonyl (C=O) groups excluding carboxylic acids is 2. The molecule has 1 fully saturated rings. The van der Waals surface area contributed by atoms with E-state index in [0.29, 0.717) is 53.6 Å². The van der Waals surface area contributed by atoms with Crippen LogP contribution < -0.4 is 10.1 Å². The maximum absolute atomic E-state index is 13.4. The minimum atomic E-state index is -1.01. The molecule has 1 atom stereocenters. The number of ether oxygens (including phenoxy) is 1. The number of carbonyl (C=O) groups is 3. The van der Waals surface area contributed by atoms with Gasteiger partial charge in [0, 0.05) is 41.9 Å². The highest BCUT2D eigenvalue weighted by Crippen LogP contribution is 2.30. The highest BCUT2D eigenvalue weighted by atomic mass is 16.5. The molecule has 5 aromatic carbocycles. The van der Waals surface area contributed by atoms with Crippen molar-refractivity contribution >= 4 is 34.1 Å². The zero-order valence-corrected chi connectivity index (χ0v) is 26.2. The number of ketones is 1. The minimum Gasteiger partial charge on any atom is -0.494 e. The van der Waals surface area contributed by atoms with E-state index in [1.54, 1.807) is 48.5 Å². The standard InChI is InChI=1S/C40H38N2O5/c43-38(31-10-2-1-3-11-31)35-13-6-7-14-36(35)41-37(40(45)46)25-28-17-21-34(22-18-28)47-24-8-23-42(27-29-15-16-29)39(44)33-20-19-30-9-4-5-12-32(30)26-33/h1-7,9-14,17-22,26,29,37,41H,8,15-16,23-25,27H2,(H,45,46)/t37-/m0/s1. The quantitative estimate of drug-likeness (QED) is 0.0923. The lowest BCUT2D eigenvalue weighted by Gasteiger charge is -2.23. The third-order valence-electron chi connectivity index (χ3n) is 8.50. The molecule has 5 aromatic rings. The minimum absolute atomic E-state index is 0.0562. The van der Waals surface area contributed by atoms with Gasteiger partial charge in [0.15, 0.2) is 5.78 Å². The Bertz CT molecular complexity index is 1850. The van der Waals surface area contributed by atoms with Crippen molar-refractivity contribution in [2.45, 2.75) is 31.7 Å². The number of nitrogens with one attached hydrogen (secondary N) is 1. The second-order valence-electron chi connectivity index (χ2n) is 12.1. The van der Waals surface area contributed by atoms with Gasteiger partial charge in [-0.3, -0.25) is 9.59 Å². The summed E-state index contributed by atoms with van der Waals surface area (Å²) in [6.45, 7) is 1.83. The van der Waals surface area contributed by atoms with Crippen LogP contribution >= 0.6 is 0 Å². The molecule has 0 unspecified atom stereocenters. The zero-order valence-electron chi connectivity index (χ0n) is 26.2. The van der Waals surface area contributed by atoms with E-state index in [0.717, 1.165) is 22.9 Å². The maximum Gasteiger partial charge on any atom is 0.326 e. The Morgan fingerprint density at radius 1 is 0.787 bits per heavy atom. The number of fused-ring (bicyclic) bond motifs is 1. The van der Waals surface area contributed by atoms with Crippen LogP contribution in [0.2, 0.25) is 0 Å². The molecule has 7 nitrogen and oxygen atoms in total. The normalized spacial score (nSPS) is 13.1. The SMILES string of the molecule is O=C(c1ccccc1)c1ccccc1N[C@@H](Cc1ccc(OCCCN(CC2CC2)C(=O)c2ccc3ccccc3c2)cc1)C(=O)O. The Morgan fingerprint density at radius 2 is 1.49 bits per heavy atom. The Morgan fingerprint density at radius 3 is 2.23 bits per heavy atom. The monoisotopic (exact) mass is 626 g/mol. The molecule has 0 spiro atoms. The van der Waals surface area contributed by atoms with Crippen molar-refractivity contribution in [3.8, 4) is 5.75 Å². The lowest BCUT2D eigenvalue weighted by atomic mass is 10.00. The van der Waals surface area contributed by atoms with E-state index in [1.165, 1.54) is 12.8 Å². The number of aliphatic carboxylic acids is 1. The predicted octanol–water partition coefficient (Wildman–Crippen LogP) is 7.50. The first-order valence-corrected chi connectivity index (χ1v) is 16.1. The molecule has 1 amide bonds. The molecule has 6 rings (SSSR count). The van der Waals surface area contributed by atoms with Gasteiger partial charge >= 0.3 is 5.97 Å². The van der Waals surface area contributed by atoms with E-state index >= 15 is 0 Å². The van der Waals surface area contributed by atoms with Crippen molar-refractivity contribution in [3.05, 3.63) is 144 Å². The van der Waals surface area contributed by atoms with Crippen molar-refractivity contribution < 1.29 is 24.2 Å². The molecular weight excluding hydrogens is 588 g/mol. The van der Waals surface area contributed by atoms with Crippen LogP contribution in [0, 0.1) is 5.92 Å². The zero-order chi connectivity index (χ0) is 32.6. The maximum atomic E-state index is 13.4. The number of amides is 1. The summed E-state index contributed by atoms with van der Waals surface area (Å²) in [6, 6.07) is 36.3. The van der Waals surface area contributed by atoms with Crippen molar-refractivity contribution in [1.29, 1.82) is 0 Å². The molecule has 2 N–H and O–H groups in total. The summed E-state index contributed by atoms with van der Waals surface area (Å²) in [7, 11) is 0. The van der Waals surface area contributed by atoms with Gasteiger partial charge in [-0.25, -0.2) is 4.79 Å². The largest absolute Gasteiger partial charge is 0.494 e. The average molecular weight is 627 g/mol. The summed E-state index contributed by atoms with van der Waals surface area (Å²) < 4.78 is 6.00. The van der Waals surface area contributed by atoms with Gasteiger partial charge < -0.3 is 20.1 Å². The summed E-state index contributed by atoms with van der Waals surface area (Å²) in [5.41, 5.74) is 2.96. The highest BCUT2D eigenvalue weighted by Gasteiger charge is 2.27. The van der Waals surface area contributed by atoms with Crippen LogP contribution in [0.25, 0.3) is 10.8 Å². The van der Waals surface area contributed by atoms with E-state index in [2.05, 4.69) is 5.32 Å². The van der Waals surface area contributed by atoms with Crippen LogP contribution in [-0.4, -0.2) is 53.4 Å². The van der Waals surface area contributed by atoms with E-state index < -0.39 is 12.0 Å². The van der Waals surface area contributed by atoms with Crippen LogP contribution in [0.5, 0.6) is 5.75 Å². The second kappa shape index (κ2) is 14.8. The average Bonchev–Trinajstić information content (AvgIpc) is 3.94. The molecule has 1 aliphatic rings. The summed E-state index contributed by atoms with van der Waals surface area (Å²) in [4.78, 5) is 40.8. The first-order chi connectivity index (χ1) is 22.9. The predicted molar refractivity (Wildman–Crippen MR) is 184 cm³/mol. The number of rotatable bonds is 15. The summed E-state index contributed by atoms with van der Waals surface area (Å²) in [5.74, 6) is 0.131. The number of para-hydroxylation sites is 1. The van der Waals surface area contributed by atoms with Gasteiger partial charge in [0.05, 0.1) is 6.61 Å². The number of hydrogen-bond donors (Lipinski definition) is 2. The van der Waals surface area contributed by atoms with Crippen LogP contribution in [0.15, 0.2) is 121 Å². The Hall–Kier alpha value is -5.43. The van der Waals surface area contributed by atoms with Gasteiger partial charge in [-0.05, 0) is 77.9 Å². The van der Waals surface area contributed by atoms with E-state index in [-0.39, 0.29) is 18.1 Å². The van der Waals surface area contributed by atoms with Crippen LogP contribution in [0.4, 0.5) is 5.69 Å².